The number of nitrogens with zero attached hydrogens (tertiary/aromatic N) is 2. The Morgan fingerprint density at radius 2 is 1.67 bits per heavy atom. The van der Waals surface area contributed by atoms with Crippen LogP contribution in [0.4, 0.5) is 0 Å². The van der Waals surface area contributed by atoms with Gasteiger partial charge in [-0.05, 0) is 48.8 Å². The van der Waals surface area contributed by atoms with Crippen molar-refractivity contribution >= 4 is 11.8 Å². The number of likely N-dealkylation sites (tertiary alicyclic amines) is 1. The zero-order chi connectivity index (χ0) is 23.0. The third-order valence-corrected chi connectivity index (χ3v) is 7.35. The van der Waals surface area contributed by atoms with Crippen LogP contribution in [0.3, 0.4) is 0 Å². The molecule has 1 unspecified atom stereocenters. The first-order valence-corrected chi connectivity index (χ1v) is 12.5. The lowest BCUT2D eigenvalue weighted by Gasteiger charge is -2.36. The van der Waals surface area contributed by atoms with Crippen LogP contribution in [0.5, 0.6) is 0 Å². The van der Waals surface area contributed by atoms with Gasteiger partial charge in [0.25, 0.3) is 0 Å². The highest BCUT2D eigenvalue weighted by atomic mass is 16.2. The second kappa shape index (κ2) is 11.5. The largest absolute Gasteiger partial charge is 0.354 e. The normalized spacial score (nSPS) is 17.9. The number of carbonyl (C=O) groups is 2. The summed E-state index contributed by atoms with van der Waals surface area (Å²) in [6, 6.07) is 19.2. The van der Waals surface area contributed by atoms with Crippen LogP contribution in [-0.4, -0.2) is 53.8 Å². The molecule has 0 aliphatic carbocycles. The summed E-state index contributed by atoms with van der Waals surface area (Å²) >= 11 is 0. The number of piperidine rings is 1. The number of benzene rings is 2. The first kappa shape index (κ1) is 23.5. The zero-order valence-corrected chi connectivity index (χ0v) is 19.8. The first-order valence-electron chi connectivity index (χ1n) is 12.5. The average molecular weight is 448 g/mol. The molecule has 1 atom stereocenters. The summed E-state index contributed by atoms with van der Waals surface area (Å²) in [5.41, 5.74) is 4.07. The topological polar surface area (TPSA) is 52.7 Å². The molecule has 4 rings (SSSR count). The van der Waals surface area contributed by atoms with E-state index in [1.54, 1.807) is 0 Å². The summed E-state index contributed by atoms with van der Waals surface area (Å²) < 4.78 is 0. The van der Waals surface area contributed by atoms with E-state index in [1.807, 2.05) is 23.1 Å². The molecule has 0 bridgehead atoms. The van der Waals surface area contributed by atoms with E-state index in [9.17, 15) is 9.59 Å². The van der Waals surface area contributed by atoms with Crippen molar-refractivity contribution in [2.75, 3.05) is 26.2 Å². The SMILES string of the molecule is CCC(CNC(=O)C1CCN(C(=O)CCc2ccccc2)CC1)N1CCc2ccccc2C1. The van der Waals surface area contributed by atoms with Gasteiger partial charge < -0.3 is 10.2 Å². The quantitative estimate of drug-likeness (QED) is 0.670. The Balaban J connectivity index is 1.19. The van der Waals surface area contributed by atoms with Crippen molar-refractivity contribution in [3.8, 4) is 0 Å². The number of rotatable bonds is 8. The van der Waals surface area contributed by atoms with Crippen molar-refractivity contribution in [3.05, 3.63) is 71.3 Å². The standard InChI is InChI=1S/C28H37N3O2/c1-2-26(31-19-14-23-10-6-7-11-25(23)21-31)20-29-28(33)24-15-17-30(18-16-24)27(32)13-12-22-8-4-3-5-9-22/h3-11,24,26H,2,12-21H2,1H3,(H,29,33). The van der Waals surface area contributed by atoms with Gasteiger partial charge in [-0.25, -0.2) is 0 Å². The van der Waals surface area contributed by atoms with E-state index in [2.05, 4.69) is 53.5 Å². The van der Waals surface area contributed by atoms with Gasteiger partial charge in [-0.3, -0.25) is 14.5 Å². The lowest BCUT2D eigenvalue weighted by molar-refractivity contribution is -0.135. The van der Waals surface area contributed by atoms with Gasteiger partial charge in [0.15, 0.2) is 0 Å². The number of aryl methyl sites for hydroxylation is 1. The predicted molar refractivity (Wildman–Crippen MR) is 132 cm³/mol. The molecule has 2 heterocycles. The highest BCUT2D eigenvalue weighted by Gasteiger charge is 2.28. The fourth-order valence-electron chi connectivity index (χ4n) is 5.17. The average Bonchev–Trinajstić information content (AvgIpc) is 2.88. The van der Waals surface area contributed by atoms with Crippen LogP contribution in [0, 0.1) is 5.92 Å². The molecule has 2 aromatic rings. The van der Waals surface area contributed by atoms with Crippen LogP contribution < -0.4 is 5.32 Å². The Morgan fingerprint density at radius 3 is 2.39 bits per heavy atom. The maximum atomic E-state index is 12.9. The summed E-state index contributed by atoms with van der Waals surface area (Å²) in [5, 5.41) is 3.23. The second-order valence-electron chi connectivity index (χ2n) is 9.44. The summed E-state index contributed by atoms with van der Waals surface area (Å²) in [4.78, 5) is 29.9. The fourth-order valence-corrected chi connectivity index (χ4v) is 5.17. The lowest BCUT2D eigenvalue weighted by Crippen LogP contribution is -2.48. The van der Waals surface area contributed by atoms with Gasteiger partial charge in [-0.2, -0.15) is 0 Å². The minimum absolute atomic E-state index is 0.0164. The Morgan fingerprint density at radius 1 is 0.970 bits per heavy atom. The smallest absolute Gasteiger partial charge is 0.223 e. The third-order valence-electron chi connectivity index (χ3n) is 7.35. The van der Waals surface area contributed by atoms with Crippen molar-refractivity contribution in [2.45, 2.75) is 58.0 Å². The predicted octanol–water partition coefficient (Wildman–Crippen LogP) is 3.81. The van der Waals surface area contributed by atoms with Crippen LogP contribution in [0.25, 0.3) is 0 Å². The fraction of sp³-hybridized carbons (Fsp3) is 0.500. The molecule has 5 heteroatoms. The Bertz CT molecular complexity index is 922. The van der Waals surface area contributed by atoms with Gasteiger partial charge in [-0.1, -0.05) is 61.5 Å². The van der Waals surface area contributed by atoms with Crippen LogP contribution in [0.15, 0.2) is 54.6 Å². The first-order chi connectivity index (χ1) is 16.1. The van der Waals surface area contributed by atoms with E-state index in [4.69, 9.17) is 0 Å². The molecule has 33 heavy (non-hydrogen) atoms. The number of carbonyl (C=O) groups excluding carboxylic acids is 2. The van der Waals surface area contributed by atoms with Gasteiger partial charge >= 0.3 is 0 Å². The van der Waals surface area contributed by atoms with Crippen LogP contribution in [-0.2, 0) is 29.0 Å². The molecule has 5 nitrogen and oxygen atoms in total. The monoisotopic (exact) mass is 447 g/mol. The molecule has 2 aliphatic rings. The van der Waals surface area contributed by atoms with Crippen molar-refractivity contribution in [1.29, 1.82) is 0 Å². The molecule has 1 saturated heterocycles. The number of amides is 2. The molecule has 0 saturated carbocycles. The highest BCUT2D eigenvalue weighted by molar-refractivity contribution is 5.80. The Kier molecular flexibility index (Phi) is 8.16. The van der Waals surface area contributed by atoms with E-state index in [-0.39, 0.29) is 17.7 Å². The van der Waals surface area contributed by atoms with Crippen LogP contribution in [0.2, 0.25) is 0 Å². The minimum atomic E-state index is 0.0164. The number of hydrogen-bond donors (Lipinski definition) is 1. The highest BCUT2D eigenvalue weighted by Crippen LogP contribution is 2.22. The summed E-state index contributed by atoms with van der Waals surface area (Å²) in [6.45, 7) is 6.30. The molecule has 1 N–H and O–H groups in total. The molecule has 176 valence electrons. The van der Waals surface area contributed by atoms with Crippen molar-refractivity contribution in [3.63, 3.8) is 0 Å². The molecular formula is C28H37N3O2. The number of hydrogen-bond acceptors (Lipinski definition) is 3. The van der Waals surface area contributed by atoms with Crippen LogP contribution in [0.1, 0.15) is 49.3 Å². The van der Waals surface area contributed by atoms with Gasteiger partial charge in [-0.15, -0.1) is 0 Å². The number of fused-ring (bicyclic) bond motifs is 1. The Hall–Kier alpha value is -2.66. The Labute approximate surface area is 198 Å². The summed E-state index contributed by atoms with van der Waals surface area (Å²) in [6.07, 6.45) is 4.94. The second-order valence-corrected chi connectivity index (χ2v) is 9.44. The number of nitrogens with one attached hydrogen (secondary N) is 1. The maximum Gasteiger partial charge on any atom is 0.223 e. The van der Waals surface area contributed by atoms with Gasteiger partial charge in [0.05, 0.1) is 0 Å². The van der Waals surface area contributed by atoms with E-state index in [0.29, 0.717) is 32.1 Å². The van der Waals surface area contributed by atoms with Crippen molar-refractivity contribution in [2.24, 2.45) is 5.92 Å². The van der Waals surface area contributed by atoms with Crippen molar-refractivity contribution < 1.29 is 9.59 Å². The van der Waals surface area contributed by atoms with E-state index >= 15 is 0 Å². The molecule has 0 spiro atoms. The van der Waals surface area contributed by atoms with E-state index < -0.39 is 0 Å². The third kappa shape index (κ3) is 6.23. The van der Waals surface area contributed by atoms with Crippen LogP contribution >= 0.6 is 0 Å². The molecule has 2 aromatic carbocycles. The van der Waals surface area contributed by atoms with Crippen molar-refractivity contribution in [1.82, 2.24) is 15.1 Å². The molecule has 2 amide bonds. The maximum absolute atomic E-state index is 12.9. The molecule has 0 radical (unpaired) electrons. The zero-order valence-electron chi connectivity index (χ0n) is 19.8. The molecule has 2 aliphatic heterocycles. The lowest BCUT2D eigenvalue weighted by atomic mass is 9.95. The minimum Gasteiger partial charge on any atom is -0.354 e. The molecule has 0 aromatic heterocycles. The van der Waals surface area contributed by atoms with E-state index in [0.717, 1.165) is 45.2 Å². The van der Waals surface area contributed by atoms with E-state index in [1.165, 1.54) is 16.7 Å². The van der Waals surface area contributed by atoms with Gasteiger partial charge in [0.2, 0.25) is 11.8 Å². The van der Waals surface area contributed by atoms with Gasteiger partial charge in [0.1, 0.15) is 0 Å². The molecular weight excluding hydrogens is 410 g/mol. The summed E-state index contributed by atoms with van der Waals surface area (Å²) in [5.74, 6) is 0.374. The molecule has 1 fully saturated rings. The summed E-state index contributed by atoms with van der Waals surface area (Å²) in [7, 11) is 0. The van der Waals surface area contributed by atoms with Gasteiger partial charge in [0, 0.05) is 51.1 Å².